The quantitative estimate of drug-likeness (QED) is 0.535. The summed E-state index contributed by atoms with van der Waals surface area (Å²) < 4.78 is 11.4. The van der Waals surface area contributed by atoms with Crippen LogP contribution < -0.4 is 19.8 Å². The maximum absolute atomic E-state index is 13.3. The van der Waals surface area contributed by atoms with Gasteiger partial charge in [0.1, 0.15) is 0 Å². The van der Waals surface area contributed by atoms with Crippen molar-refractivity contribution in [2.24, 2.45) is 0 Å². The van der Waals surface area contributed by atoms with Gasteiger partial charge in [-0.2, -0.15) is 0 Å². The smallest absolute Gasteiger partial charge is 0.412 e. The number of likely N-dealkylation sites (tertiary alicyclic amines) is 1. The van der Waals surface area contributed by atoms with E-state index in [1.807, 2.05) is 45.2 Å². The van der Waals surface area contributed by atoms with Gasteiger partial charge in [0.25, 0.3) is 5.91 Å². The lowest BCUT2D eigenvalue weighted by Gasteiger charge is -2.35. The molecule has 0 aliphatic carbocycles. The molecule has 1 unspecified atom stereocenters. The maximum Gasteiger partial charge on any atom is 0.412 e. The fourth-order valence-electron chi connectivity index (χ4n) is 4.82. The van der Waals surface area contributed by atoms with Crippen molar-refractivity contribution in [3.8, 4) is 11.5 Å². The maximum atomic E-state index is 13.3. The summed E-state index contributed by atoms with van der Waals surface area (Å²) in [5.74, 6) is 1.16. The fraction of sp³-hybridized carbons (Fsp3) is 0.429. The topological polar surface area (TPSA) is 94.6 Å². The van der Waals surface area contributed by atoms with Gasteiger partial charge in [0.15, 0.2) is 11.5 Å². The Morgan fingerprint density at radius 3 is 2.35 bits per heavy atom. The van der Waals surface area contributed by atoms with E-state index in [0.29, 0.717) is 42.4 Å². The SMILES string of the molecule is CCOc1ccc(C2CC=CN(C(=O)c3ccc(N(C(=O)O)C4CCN(C)CC4)cc3)N2)cc1OCC. The third kappa shape index (κ3) is 6.23. The Balaban J connectivity index is 1.46. The molecule has 9 heteroatoms. The minimum Gasteiger partial charge on any atom is -0.490 e. The molecule has 2 heterocycles. The number of hydrazine groups is 1. The van der Waals surface area contributed by atoms with E-state index in [1.54, 1.807) is 30.5 Å². The number of nitrogens with one attached hydrogen (secondary N) is 1. The monoisotopic (exact) mass is 508 g/mol. The van der Waals surface area contributed by atoms with Crippen molar-refractivity contribution in [2.75, 3.05) is 38.3 Å². The van der Waals surface area contributed by atoms with Crippen molar-refractivity contribution in [1.29, 1.82) is 0 Å². The van der Waals surface area contributed by atoms with Gasteiger partial charge in [-0.05, 0) is 95.2 Å². The Hall–Kier alpha value is -3.56. The van der Waals surface area contributed by atoms with Gasteiger partial charge in [0, 0.05) is 23.5 Å². The summed E-state index contributed by atoms with van der Waals surface area (Å²) in [6.45, 7) is 6.66. The summed E-state index contributed by atoms with van der Waals surface area (Å²) in [5.41, 5.74) is 5.33. The van der Waals surface area contributed by atoms with Gasteiger partial charge in [-0.25, -0.2) is 15.2 Å². The first-order valence-electron chi connectivity index (χ1n) is 12.9. The molecular weight excluding hydrogens is 472 g/mol. The minimum atomic E-state index is -0.973. The Kier molecular flexibility index (Phi) is 8.68. The average molecular weight is 509 g/mol. The van der Waals surface area contributed by atoms with Crippen LogP contribution in [0.25, 0.3) is 0 Å². The lowest BCUT2D eigenvalue weighted by atomic mass is 10.0. The van der Waals surface area contributed by atoms with E-state index in [0.717, 1.165) is 31.5 Å². The van der Waals surface area contributed by atoms with Crippen molar-refractivity contribution in [2.45, 2.75) is 45.2 Å². The first kappa shape index (κ1) is 26.5. The molecule has 1 fully saturated rings. The molecule has 0 saturated carbocycles. The number of anilines is 1. The molecule has 0 bridgehead atoms. The summed E-state index contributed by atoms with van der Waals surface area (Å²) in [7, 11) is 2.04. The molecule has 4 rings (SSSR count). The molecule has 2 N–H and O–H groups in total. The molecule has 0 radical (unpaired) electrons. The Morgan fingerprint density at radius 1 is 1.03 bits per heavy atom. The predicted molar refractivity (Wildman–Crippen MR) is 142 cm³/mol. The minimum absolute atomic E-state index is 0.0709. The highest BCUT2D eigenvalue weighted by atomic mass is 16.5. The van der Waals surface area contributed by atoms with Gasteiger partial charge >= 0.3 is 6.09 Å². The van der Waals surface area contributed by atoms with Crippen molar-refractivity contribution in [1.82, 2.24) is 15.3 Å². The lowest BCUT2D eigenvalue weighted by molar-refractivity contribution is 0.0713. The Labute approximate surface area is 218 Å². The second-order valence-corrected chi connectivity index (χ2v) is 9.28. The molecule has 0 spiro atoms. The van der Waals surface area contributed by atoms with E-state index in [9.17, 15) is 14.7 Å². The summed E-state index contributed by atoms with van der Waals surface area (Å²) in [5, 5.41) is 11.3. The summed E-state index contributed by atoms with van der Waals surface area (Å²) >= 11 is 0. The van der Waals surface area contributed by atoms with E-state index in [2.05, 4.69) is 10.3 Å². The van der Waals surface area contributed by atoms with Gasteiger partial charge in [0.2, 0.25) is 0 Å². The molecule has 2 aliphatic heterocycles. The van der Waals surface area contributed by atoms with E-state index in [-0.39, 0.29) is 18.0 Å². The second kappa shape index (κ2) is 12.1. The Morgan fingerprint density at radius 2 is 1.70 bits per heavy atom. The molecule has 2 aliphatic rings. The highest BCUT2D eigenvalue weighted by Crippen LogP contribution is 2.33. The number of carbonyl (C=O) groups is 2. The van der Waals surface area contributed by atoms with Gasteiger partial charge < -0.3 is 19.5 Å². The molecule has 2 aromatic rings. The van der Waals surface area contributed by atoms with Gasteiger partial charge in [-0.3, -0.25) is 9.69 Å². The van der Waals surface area contributed by atoms with Crippen molar-refractivity contribution >= 4 is 17.7 Å². The van der Waals surface area contributed by atoms with Crippen LogP contribution in [-0.4, -0.2) is 66.4 Å². The van der Waals surface area contributed by atoms with Crippen LogP contribution >= 0.6 is 0 Å². The van der Waals surface area contributed by atoms with Gasteiger partial charge in [-0.1, -0.05) is 12.1 Å². The van der Waals surface area contributed by atoms with Crippen LogP contribution in [0.5, 0.6) is 11.5 Å². The highest BCUT2D eigenvalue weighted by Gasteiger charge is 2.29. The van der Waals surface area contributed by atoms with Crippen LogP contribution in [0.3, 0.4) is 0 Å². The summed E-state index contributed by atoms with van der Waals surface area (Å²) in [6, 6.07) is 12.4. The molecule has 198 valence electrons. The number of amides is 2. The number of ether oxygens (including phenoxy) is 2. The third-order valence-electron chi connectivity index (χ3n) is 6.76. The van der Waals surface area contributed by atoms with Crippen LogP contribution in [0.1, 0.15) is 55.1 Å². The molecule has 1 atom stereocenters. The van der Waals surface area contributed by atoms with Crippen LogP contribution in [0.4, 0.5) is 10.5 Å². The zero-order valence-corrected chi connectivity index (χ0v) is 21.7. The third-order valence-corrected chi connectivity index (χ3v) is 6.76. The number of carboxylic acid groups (broad SMARTS) is 1. The normalized spacial score (nSPS) is 18.5. The standard InChI is InChI=1S/C28H36N4O5/c1-4-36-25-13-10-21(19-26(25)37-5-2)24-7-6-16-31(29-24)27(33)20-8-11-22(12-9-20)32(28(34)35)23-14-17-30(3)18-15-23/h6,8-13,16,19,23-24,29H,4-5,7,14-15,17-18H2,1-3H3,(H,34,35). The zero-order valence-electron chi connectivity index (χ0n) is 21.7. The number of carbonyl (C=O) groups excluding carboxylic acids is 1. The number of hydrogen-bond acceptors (Lipinski definition) is 6. The van der Waals surface area contributed by atoms with Gasteiger partial charge in [0.05, 0.1) is 19.3 Å². The second-order valence-electron chi connectivity index (χ2n) is 9.28. The zero-order chi connectivity index (χ0) is 26.4. The molecular formula is C28H36N4O5. The number of hydrogen-bond donors (Lipinski definition) is 2. The summed E-state index contributed by atoms with van der Waals surface area (Å²) in [4.78, 5) is 28.9. The molecule has 1 saturated heterocycles. The van der Waals surface area contributed by atoms with Crippen LogP contribution in [0.15, 0.2) is 54.7 Å². The van der Waals surface area contributed by atoms with E-state index in [4.69, 9.17) is 9.47 Å². The fourth-order valence-corrected chi connectivity index (χ4v) is 4.82. The number of piperidine rings is 1. The van der Waals surface area contributed by atoms with E-state index < -0.39 is 6.09 Å². The van der Waals surface area contributed by atoms with Crippen molar-refractivity contribution in [3.05, 3.63) is 65.9 Å². The number of rotatable bonds is 8. The number of nitrogens with zero attached hydrogens (tertiary/aromatic N) is 3. The van der Waals surface area contributed by atoms with Crippen molar-refractivity contribution < 1.29 is 24.2 Å². The van der Waals surface area contributed by atoms with Gasteiger partial charge in [-0.15, -0.1) is 0 Å². The Bertz CT molecular complexity index is 1110. The predicted octanol–water partition coefficient (Wildman–Crippen LogP) is 4.67. The number of benzene rings is 2. The van der Waals surface area contributed by atoms with Crippen LogP contribution in [0.2, 0.25) is 0 Å². The molecule has 2 aromatic carbocycles. The van der Waals surface area contributed by atoms with E-state index >= 15 is 0 Å². The van der Waals surface area contributed by atoms with E-state index in [1.165, 1.54) is 9.91 Å². The molecule has 0 aromatic heterocycles. The lowest BCUT2D eigenvalue weighted by Crippen LogP contribution is -2.46. The molecule has 2 amide bonds. The largest absolute Gasteiger partial charge is 0.490 e. The average Bonchev–Trinajstić information content (AvgIpc) is 2.91. The molecule has 9 nitrogen and oxygen atoms in total. The van der Waals surface area contributed by atoms with Crippen LogP contribution in [0, 0.1) is 0 Å². The first-order chi connectivity index (χ1) is 17.9. The van der Waals surface area contributed by atoms with Crippen LogP contribution in [-0.2, 0) is 0 Å². The first-order valence-corrected chi connectivity index (χ1v) is 12.9. The van der Waals surface area contributed by atoms with Crippen molar-refractivity contribution in [3.63, 3.8) is 0 Å². The highest BCUT2D eigenvalue weighted by molar-refractivity contribution is 5.95. The summed E-state index contributed by atoms with van der Waals surface area (Å²) in [6.07, 6.45) is 4.99. The molecule has 37 heavy (non-hydrogen) atoms.